The van der Waals surface area contributed by atoms with Gasteiger partial charge in [0.05, 0.1) is 40.7 Å². The monoisotopic (exact) mass is 570 g/mol. The maximum atomic E-state index is 12.8. The summed E-state index contributed by atoms with van der Waals surface area (Å²) >= 11 is 6.53. The van der Waals surface area contributed by atoms with E-state index < -0.39 is 0 Å². The minimum Gasteiger partial charge on any atom is -0.486 e. The van der Waals surface area contributed by atoms with Crippen LogP contribution in [0.25, 0.3) is 10.9 Å². The van der Waals surface area contributed by atoms with Gasteiger partial charge in [-0.15, -0.1) is 0 Å². The second-order valence-corrected chi connectivity index (χ2v) is 10.2. The highest BCUT2D eigenvalue weighted by Gasteiger charge is 2.15. The number of aromatic nitrogens is 2. The third kappa shape index (κ3) is 7.30. The number of aryl methyl sites for hydroxylation is 1. The Hall–Kier alpha value is -4.23. The molecule has 210 valence electrons. The molecule has 10 heteroatoms. The molecule has 1 amide bonds. The average molecular weight is 571 g/mol. The van der Waals surface area contributed by atoms with Crippen molar-refractivity contribution in [3.05, 3.63) is 82.8 Å². The highest BCUT2D eigenvalue weighted by Crippen LogP contribution is 2.35. The molecular formula is C31H31ClN6O3. The minimum absolute atomic E-state index is 0.0484. The number of anilines is 3. The molecule has 0 aliphatic carbocycles. The third-order valence-corrected chi connectivity index (χ3v) is 7.19. The Morgan fingerprint density at radius 2 is 2.02 bits per heavy atom. The number of pyridine rings is 2. The van der Waals surface area contributed by atoms with Crippen LogP contribution in [0.5, 0.6) is 5.75 Å². The molecule has 3 heterocycles. The van der Waals surface area contributed by atoms with E-state index in [9.17, 15) is 10.1 Å². The van der Waals surface area contributed by atoms with E-state index in [-0.39, 0.29) is 5.91 Å². The SMILES string of the molecule is Cc1cc2ncc(C#N)c(Nc3ccc(OCc4ccccn4)c(Cl)c3)c2cc1NC(=O)CCCN1CCOCC1. The summed E-state index contributed by atoms with van der Waals surface area (Å²) in [4.78, 5) is 23.8. The molecular weight excluding hydrogens is 540 g/mol. The molecule has 0 radical (unpaired) electrons. The van der Waals surface area contributed by atoms with Crippen molar-refractivity contribution in [2.45, 2.75) is 26.4 Å². The lowest BCUT2D eigenvalue weighted by Gasteiger charge is -2.26. The number of nitriles is 1. The van der Waals surface area contributed by atoms with Gasteiger partial charge >= 0.3 is 0 Å². The summed E-state index contributed by atoms with van der Waals surface area (Å²) in [6.45, 7) is 6.39. The molecule has 0 atom stereocenters. The number of halogens is 1. The molecule has 5 rings (SSSR count). The van der Waals surface area contributed by atoms with Crippen molar-refractivity contribution >= 4 is 45.5 Å². The van der Waals surface area contributed by atoms with Gasteiger partial charge in [-0.1, -0.05) is 17.7 Å². The van der Waals surface area contributed by atoms with Crippen molar-refractivity contribution in [3.8, 4) is 11.8 Å². The number of rotatable bonds is 10. The second kappa shape index (κ2) is 13.4. The Labute approximate surface area is 244 Å². The van der Waals surface area contributed by atoms with Gasteiger partial charge in [0, 0.05) is 48.7 Å². The van der Waals surface area contributed by atoms with Crippen LogP contribution in [0.3, 0.4) is 0 Å². The first-order valence-corrected chi connectivity index (χ1v) is 13.9. The predicted molar refractivity (Wildman–Crippen MR) is 160 cm³/mol. The summed E-state index contributed by atoms with van der Waals surface area (Å²) < 4.78 is 11.2. The first kappa shape index (κ1) is 28.3. The van der Waals surface area contributed by atoms with Crippen molar-refractivity contribution in [2.75, 3.05) is 43.5 Å². The number of ether oxygens (including phenoxy) is 2. The second-order valence-electron chi connectivity index (χ2n) is 9.83. The van der Waals surface area contributed by atoms with Gasteiger partial charge in [-0.3, -0.25) is 19.7 Å². The molecule has 9 nitrogen and oxygen atoms in total. The number of carbonyl (C=O) groups is 1. The number of hydrogen-bond donors (Lipinski definition) is 2. The molecule has 4 aromatic rings. The van der Waals surface area contributed by atoms with Gasteiger partial charge in [-0.25, -0.2) is 0 Å². The number of fused-ring (bicyclic) bond motifs is 1. The zero-order chi connectivity index (χ0) is 28.6. The summed E-state index contributed by atoms with van der Waals surface area (Å²) in [6, 6.07) is 17.0. The number of nitrogens with zero attached hydrogens (tertiary/aromatic N) is 4. The Balaban J connectivity index is 1.31. The number of carbonyl (C=O) groups excluding carboxylic acids is 1. The topological polar surface area (TPSA) is 112 Å². The van der Waals surface area contributed by atoms with Gasteiger partial charge in [0.2, 0.25) is 5.91 Å². The maximum absolute atomic E-state index is 12.8. The summed E-state index contributed by atoms with van der Waals surface area (Å²) in [5, 5.41) is 17.4. The van der Waals surface area contributed by atoms with Crippen LogP contribution in [0.2, 0.25) is 5.02 Å². The van der Waals surface area contributed by atoms with Crippen LogP contribution in [-0.4, -0.2) is 53.6 Å². The van der Waals surface area contributed by atoms with Crippen LogP contribution in [0.15, 0.2) is 60.9 Å². The van der Waals surface area contributed by atoms with Crippen LogP contribution in [0.4, 0.5) is 17.1 Å². The molecule has 0 spiro atoms. The smallest absolute Gasteiger partial charge is 0.224 e. The number of hydrogen-bond acceptors (Lipinski definition) is 8. The van der Waals surface area contributed by atoms with Crippen LogP contribution in [0, 0.1) is 18.3 Å². The van der Waals surface area contributed by atoms with Gasteiger partial charge < -0.3 is 20.1 Å². The molecule has 1 aliphatic rings. The number of benzene rings is 2. The maximum Gasteiger partial charge on any atom is 0.224 e. The fourth-order valence-electron chi connectivity index (χ4n) is 4.67. The molecule has 2 N–H and O–H groups in total. The van der Waals surface area contributed by atoms with Gasteiger partial charge in [0.25, 0.3) is 0 Å². The van der Waals surface area contributed by atoms with Gasteiger partial charge in [-0.05, 0) is 67.9 Å². The lowest BCUT2D eigenvalue weighted by Crippen LogP contribution is -2.37. The van der Waals surface area contributed by atoms with E-state index >= 15 is 0 Å². The number of morpholine rings is 1. The van der Waals surface area contributed by atoms with Crippen LogP contribution in [-0.2, 0) is 16.1 Å². The van der Waals surface area contributed by atoms with Crippen LogP contribution >= 0.6 is 11.6 Å². The Morgan fingerprint density at radius 3 is 2.78 bits per heavy atom. The summed E-state index contributed by atoms with van der Waals surface area (Å²) in [5.41, 5.74) is 4.70. The van der Waals surface area contributed by atoms with Crippen molar-refractivity contribution in [1.82, 2.24) is 14.9 Å². The first-order valence-electron chi connectivity index (χ1n) is 13.5. The largest absolute Gasteiger partial charge is 0.486 e. The Bertz CT molecular complexity index is 1570. The lowest BCUT2D eigenvalue weighted by molar-refractivity contribution is -0.116. The first-order chi connectivity index (χ1) is 20.0. The third-order valence-electron chi connectivity index (χ3n) is 6.89. The molecule has 0 saturated carbocycles. The summed E-state index contributed by atoms with van der Waals surface area (Å²) in [6.07, 6.45) is 4.45. The Kier molecular flexibility index (Phi) is 9.26. The van der Waals surface area contributed by atoms with E-state index in [0.29, 0.717) is 57.3 Å². The van der Waals surface area contributed by atoms with E-state index in [1.807, 2.05) is 43.3 Å². The standard InChI is InChI=1S/C31H31ClN6O3/c1-21-15-28-25(17-27(21)37-30(39)6-4-10-38-11-13-40-14-12-38)31(22(18-33)19-35-28)36-23-7-8-29(26(32)16-23)41-20-24-5-2-3-9-34-24/h2-3,5,7-9,15-17,19H,4,6,10-14,20H2,1H3,(H,35,36)(H,37,39). The normalized spacial score (nSPS) is 13.5. The van der Waals surface area contributed by atoms with Crippen molar-refractivity contribution in [1.29, 1.82) is 5.26 Å². The number of nitrogens with one attached hydrogen (secondary N) is 2. The lowest BCUT2D eigenvalue weighted by atomic mass is 10.0. The fraction of sp³-hybridized carbons (Fsp3) is 0.290. The van der Waals surface area contributed by atoms with E-state index in [1.54, 1.807) is 24.5 Å². The van der Waals surface area contributed by atoms with Crippen molar-refractivity contribution < 1.29 is 14.3 Å². The molecule has 1 aliphatic heterocycles. The minimum atomic E-state index is -0.0484. The van der Waals surface area contributed by atoms with Gasteiger partial charge in [0.1, 0.15) is 18.4 Å². The van der Waals surface area contributed by atoms with Gasteiger partial charge in [-0.2, -0.15) is 5.26 Å². The van der Waals surface area contributed by atoms with E-state index in [2.05, 4.69) is 31.6 Å². The van der Waals surface area contributed by atoms with E-state index in [0.717, 1.165) is 50.5 Å². The van der Waals surface area contributed by atoms with Crippen molar-refractivity contribution in [2.24, 2.45) is 0 Å². The predicted octanol–water partition coefficient (Wildman–Crippen LogP) is 5.84. The van der Waals surface area contributed by atoms with Gasteiger partial charge in [0.15, 0.2) is 0 Å². The van der Waals surface area contributed by atoms with E-state index in [1.165, 1.54) is 0 Å². The van der Waals surface area contributed by atoms with E-state index in [4.69, 9.17) is 21.1 Å². The summed E-state index contributed by atoms with van der Waals surface area (Å²) in [7, 11) is 0. The summed E-state index contributed by atoms with van der Waals surface area (Å²) in [5.74, 6) is 0.477. The zero-order valence-corrected chi connectivity index (χ0v) is 23.6. The zero-order valence-electron chi connectivity index (χ0n) is 22.8. The quantitative estimate of drug-likeness (QED) is 0.245. The molecule has 1 fully saturated rings. The highest BCUT2D eigenvalue weighted by molar-refractivity contribution is 6.32. The van der Waals surface area contributed by atoms with Crippen LogP contribution < -0.4 is 15.4 Å². The average Bonchev–Trinajstić information content (AvgIpc) is 2.98. The molecule has 0 bridgehead atoms. The molecule has 2 aromatic heterocycles. The molecule has 41 heavy (non-hydrogen) atoms. The molecule has 0 unspecified atom stereocenters. The highest BCUT2D eigenvalue weighted by atomic mass is 35.5. The molecule has 2 aromatic carbocycles. The van der Waals surface area contributed by atoms with Crippen molar-refractivity contribution in [3.63, 3.8) is 0 Å². The molecule has 1 saturated heterocycles. The Morgan fingerprint density at radius 1 is 1.17 bits per heavy atom. The fourth-order valence-corrected chi connectivity index (χ4v) is 4.91. The van der Waals surface area contributed by atoms with Crippen LogP contribution in [0.1, 0.15) is 29.7 Å². The number of amides is 1.